The summed E-state index contributed by atoms with van der Waals surface area (Å²) in [5.41, 5.74) is 6.97. The molecule has 0 fully saturated rings. The van der Waals surface area contributed by atoms with Gasteiger partial charge in [0.05, 0.1) is 5.56 Å². The maximum Gasteiger partial charge on any atom is 0.338 e. The number of halogens is 3. The summed E-state index contributed by atoms with van der Waals surface area (Å²) in [4.78, 5) is 11.9. The number of carbonyl (C=O) groups is 1. The molecular weight excluding hydrogens is 321 g/mol. The molecule has 2 rings (SSSR count). The normalized spacial score (nSPS) is 10.3. The first kappa shape index (κ1) is 15.0. The van der Waals surface area contributed by atoms with E-state index in [1.165, 1.54) is 12.1 Å². The number of rotatable bonds is 3. The predicted octanol–water partition coefficient (Wildman–Crippen LogP) is 4.59. The van der Waals surface area contributed by atoms with Crippen LogP contribution in [-0.2, 0) is 11.3 Å². The van der Waals surface area contributed by atoms with Crippen LogP contribution in [0.2, 0.25) is 15.1 Å². The van der Waals surface area contributed by atoms with E-state index in [1.54, 1.807) is 24.3 Å². The molecule has 0 saturated heterocycles. The zero-order valence-electron chi connectivity index (χ0n) is 10.2. The molecule has 0 aliphatic rings. The number of benzene rings is 2. The van der Waals surface area contributed by atoms with Gasteiger partial charge in [0.2, 0.25) is 0 Å². The molecule has 6 heteroatoms. The Balaban J connectivity index is 2.08. The van der Waals surface area contributed by atoms with Gasteiger partial charge in [-0.25, -0.2) is 4.79 Å². The summed E-state index contributed by atoms with van der Waals surface area (Å²) in [5, 5.41) is 1.34. The summed E-state index contributed by atoms with van der Waals surface area (Å²) in [5.74, 6) is -0.523. The Morgan fingerprint density at radius 1 is 1.05 bits per heavy atom. The summed E-state index contributed by atoms with van der Waals surface area (Å²) in [6, 6.07) is 9.50. The van der Waals surface area contributed by atoms with Crippen LogP contribution in [0.3, 0.4) is 0 Å². The van der Waals surface area contributed by atoms with Crippen molar-refractivity contribution in [3.63, 3.8) is 0 Å². The zero-order chi connectivity index (χ0) is 14.7. The smallest absolute Gasteiger partial charge is 0.338 e. The summed E-state index contributed by atoms with van der Waals surface area (Å²) in [7, 11) is 0. The molecule has 0 spiro atoms. The lowest BCUT2D eigenvalue weighted by Gasteiger charge is -2.08. The molecular formula is C14H10Cl3NO2. The van der Waals surface area contributed by atoms with Crippen LogP contribution in [0.5, 0.6) is 0 Å². The van der Waals surface area contributed by atoms with Crippen LogP contribution >= 0.6 is 34.8 Å². The summed E-state index contributed by atoms with van der Waals surface area (Å²) in [6.07, 6.45) is 0. The van der Waals surface area contributed by atoms with E-state index in [2.05, 4.69) is 0 Å². The molecule has 0 aliphatic heterocycles. The molecule has 2 N–H and O–H groups in total. The molecule has 20 heavy (non-hydrogen) atoms. The van der Waals surface area contributed by atoms with Crippen LogP contribution in [-0.4, -0.2) is 5.97 Å². The predicted molar refractivity (Wildman–Crippen MR) is 81.4 cm³/mol. The van der Waals surface area contributed by atoms with Crippen molar-refractivity contribution in [3.05, 3.63) is 62.6 Å². The van der Waals surface area contributed by atoms with Crippen molar-refractivity contribution < 1.29 is 9.53 Å². The highest BCUT2D eigenvalue weighted by Gasteiger charge is 2.10. The third-order valence-corrected chi connectivity index (χ3v) is 3.33. The molecule has 2 aromatic carbocycles. The minimum atomic E-state index is -0.523. The van der Waals surface area contributed by atoms with Crippen LogP contribution in [0.15, 0.2) is 36.4 Å². The third-order valence-electron chi connectivity index (χ3n) is 2.53. The molecule has 0 bridgehead atoms. The van der Waals surface area contributed by atoms with Gasteiger partial charge in [0, 0.05) is 26.3 Å². The van der Waals surface area contributed by atoms with Gasteiger partial charge in [-0.15, -0.1) is 0 Å². The van der Waals surface area contributed by atoms with Gasteiger partial charge in [0.1, 0.15) is 6.61 Å². The fourth-order valence-electron chi connectivity index (χ4n) is 1.60. The number of ether oxygens (including phenoxy) is 1. The molecule has 0 amide bonds. The number of hydrogen-bond acceptors (Lipinski definition) is 3. The Kier molecular flexibility index (Phi) is 4.76. The van der Waals surface area contributed by atoms with Crippen LogP contribution in [0.4, 0.5) is 5.69 Å². The maximum absolute atomic E-state index is 11.9. The van der Waals surface area contributed by atoms with Gasteiger partial charge < -0.3 is 10.5 Å². The Bertz CT molecular complexity index is 639. The molecule has 3 nitrogen and oxygen atoms in total. The monoisotopic (exact) mass is 329 g/mol. The molecule has 0 radical (unpaired) electrons. The fraction of sp³-hybridized carbons (Fsp3) is 0.0714. The number of nitrogen functional groups attached to an aromatic ring is 1. The number of anilines is 1. The van der Waals surface area contributed by atoms with E-state index >= 15 is 0 Å². The first-order valence-electron chi connectivity index (χ1n) is 5.63. The number of esters is 1. The van der Waals surface area contributed by atoms with E-state index < -0.39 is 5.97 Å². The van der Waals surface area contributed by atoms with Crippen LogP contribution in [0.25, 0.3) is 0 Å². The number of nitrogens with two attached hydrogens (primary N) is 1. The van der Waals surface area contributed by atoms with Crippen molar-refractivity contribution in [3.8, 4) is 0 Å². The van der Waals surface area contributed by atoms with Gasteiger partial charge in [0.25, 0.3) is 0 Å². The number of hydrogen-bond donors (Lipinski definition) is 1. The highest BCUT2D eigenvalue weighted by atomic mass is 35.5. The molecule has 104 valence electrons. The zero-order valence-corrected chi connectivity index (χ0v) is 12.5. The second-order valence-electron chi connectivity index (χ2n) is 4.09. The van der Waals surface area contributed by atoms with Crippen molar-refractivity contribution in [1.82, 2.24) is 0 Å². The van der Waals surface area contributed by atoms with Crippen LogP contribution in [0.1, 0.15) is 15.9 Å². The third kappa shape index (κ3) is 3.79. The summed E-state index contributed by atoms with van der Waals surface area (Å²) in [6.45, 7) is 0.0429. The van der Waals surface area contributed by atoms with Gasteiger partial charge in [-0.3, -0.25) is 0 Å². The minimum Gasteiger partial charge on any atom is -0.457 e. The largest absolute Gasteiger partial charge is 0.457 e. The van der Waals surface area contributed by atoms with E-state index in [4.69, 9.17) is 45.3 Å². The van der Waals surface area contributed by atoms with Crippen molar-refractivity contribution in [2.75, 3.05) is 5.73 Å². The second kappa shape index (κ2) is 6.35. The van der Waals surface area contributed by atoms with Gasteiger partial charge in [-0.1, -0.05) is 40.9 Å². The molecule has 0 atom stereocenters. The molecule has 0 aromatic heterocycles. The lowest BCUT2D eigenvalue weighted by atomic mass is 10.2. The molecule has 0 aliphatic carbocycles. The van der Waals surface area contributed by atoms with Crippen LogP contribution < -0.4 is 5.73 Å². The fourth-order valence-corrected chi connectivity index (χ4v) is 2.30. The summed E-state index contributed by atoms with van der Waals surface area (Å²) >= 11 is 17.6. The Hall–Kier alpha value is -1.42. The van der Waals surface area contributed by atoms with Gasteiger partial charge in [0.15, 0.2) is 0 Å². The quantitative estimate of drug-likeness (QED) is 0.661. The topological polar surface area (TPSA) is 52.3 Å². The first-order chi connectivity index (χ1) is 9.45. The highest BCUT2D eigenvalue weighted by Crippen LogP contribution is 2.22. The van der Waals surface area contributed by atoms with Gasteiger partial charge >= 0.3 is 5.97 Å². The Morgan fingerprint density at radius 3 is 2.45 bits per heavy atom. The second-order valence-corrected chi connectivity index (χ2v) is 5.37. The van der Waals surface area contributed by atoms with Crippen molar-refractivity contribution in [2.24, 2.45) is 0 Å². The SMILES string of the molecule is Nc1cc(Cl)cc(C(=O)OCc2ccc(Cl)cc2Cl)c1. The molecule has 0 unspecified atom stereocenters. The van der Waals surface area contributed by atoms with Gasteiger partial charge in [-0.2, -0.15) is 0 Å². The standard InChI is InChI=1S/C14H10Cl3NO2/c15-10-2-1-8(13(17)6-10)7-20-14(19)9-3-11(16)5-12(18)4-9/h1-6H,7,18H2. The van der Waals surface area contributed by atoms with E-state index in [0.717, 1.165) is 0 Å². The lowest BCUT2D eigenvalue weighted by molar-refractivity contribution is 0.0473. The van der Waals surface area contributed by atoms with E-state index in [0.29, 0.717) is 31.9 Å². The highest BCUT2D eigenvalue weighted by molar-refractivity contribution is 6.35. The van der Waals surface area contributed by atoms with E-state index in [9.17, 15) is 4.79 Å². The van der Waals surface area contributed by atoms with Crippen molar-refractivity contribution in [2.45, 2.75) is 6.61 Å². The Morgan fingerprint density at radius 2 is 1.80 bits per heavy atom. The van der Waals surface area contributed by atoms with E-state index in [-0.39, 0.29) is 6.61 Å². The lowest BCUT2D eigenvalue weighted by Crippen LogP contribution is -2.06. The first-order valence-corrected chi connectivity index (χ1v) is 6.76. The molecule has 0 saturated carbocycles. The number of carbonyl (C=O) groups excluding carboxylic acids is 1. The average molecular weight is 331 g/mol. The minimum absolute atomic E-state index is 0.0429. The maximum atomic E-state index is 11.9. The van der Waals surface area contributed by atoms with Crippen molar-refractivity contribution >= 4 is 46.5 Å². The molecule has 2 aromatic rings. The Labute approximate surface area is 131 Å². The van der Waals surface area contributed by atoms with E-state index in [1.807, 2.05) is 0 Å². The van der Waals surface area contributed by atoms with Gasteiger partial charge in [-0.05, 0) is 30.3 Å². The summed E-state index contributed by atoms with van der Waals surface area (Å²) < 4.78 is 5.16. The average Bonchev–Trinajstić information content (AvgIpc) is 2.36. The van der Waals surface area contributed by atoms with Crippen LogP contribution in [0, 0.1) is 0 Å². The molecule has 0 heterocycles. The van der Waals surface area contributed by atoms with Crippen molar-refractivity contribution in [1.29, 1.82) is 0 Å².